The zero-order valence-electron chi connectivity index (χ0n) is 8.37. The van der Waals surface area contributed by atoms with Crippen molar-refractivity contribution in [1.29, 1.82) is 0 Å². The van der Waals surface area contributed by atoms with E-state index >= 15 is 0 Å². The number of allylic oxidation sites excluding steroid dienone is 2. The Balaban J connectivity index is 1.86. The molecule has 2 nitrogen and oxygen atoms in total. The van der Waals surface area contributed by atoms with Crippen LogP contribution in [0.2, 0.25) is 0 Å². The molecule has 2 heteroatoms. The lowest BCUT2D eigenvalue weighted by atomic mass is 9.82. The lowest BCUT2D eigenvalue weighted by Gasteiger charge is -2.33. The van der Waals surface area contributed by atoms with Crippen molar-refractivity contribution < 1.29 is 9.47 Å². The number of rotatable bonds is 0. The highest BCUT2D eigenvalue weighted by Crippen LogP contribution is 2.46. The van der Waals surface area contributed by atoms with Gasteiger partial charge >= 0.3 is 0 Å². The minimum Gasteiger partial charge on any atom is -0.344 e. The zero-order chi connectivity index (χ0) is 9.60. The molecule has 2 fully saturated rings. The molecule has 2 atom stereocenters. The van der Waals surface area contributed by atoms with Crippen LogP contribution in [0.1, 0.15) is 19.3 Å². The molecule has 0 aromatic rings. The Kier molecular flexibility index (Phi) is 1.83. The van der Waals surface area contributed by atoms with Crippen molar-refractivity contribution in [2.24, 2.45) is 11.8 Å². The van der Waals surface area contributed by atoms with Crippen LogP contribution in [0.15, 0.2) is 24.3 Å². The van der Waals surface area contributed by atoms with Crippen LogP contribution in [0, 0.1) is 11.8 Å². The summed E-state index contributed by atoms with van der Waals surface area (Å²) in [6, 6.07) is 0. The van der Waals surface area contributed by atoms with Gasteiger partial charge in [0, 0.05) is 12.3 Å². The van der Waals surface area contributed by atoms with Crippen molar-refractivity contribution in [3.63, 3.8) is 0 Å². The van der Waals surface area contributed by atoms with Crippen molar-refractivity contribution in [3.8, 4) is 0 Å². The van der Waals surface area contributed by atoms with Gasteiger partial charge in [0.15, 0.2) is 5.79 Å². The average Bonchev–Trinajstić information content (AvgIpc) is 2.76. The molecular weight excluding hydrogens is 176 g/mol. The van der Waals surface area contributed by atoms with Gasteiger partial charge in [-0.1, -0.05) is 18.2 Å². The third kappa shape index (κ3) is 1.17. The van der Waals surface area contributed by atoms with E-state index < -0.39 is 0 Å². The number of hydrogen-bond donors (Lipinski definition) is 0. The third-order valence-electron chi connectivity index (χ3n) is 3.70. The monoisotopic (exact) mass is 192 g/mol. The van der Waals surface area contributed by atoms with Crippen LogP contribution in [0.5, 0.6) is 0 Å². The van der Waals surface area contributed by atoms with Crippen LogP contribution in [-0.4, -0.2) is 19.0 Å². The quantitative estimate of drug-likeness (QED) is 0.548. The van der Waals surface area contributed by atoms with Gasteiger partial charge in [0.25, 0.3) is 0 Å². The zero-order valence-corrected chi connectivity index (χ0v) is 8.37. The number of fused-ring (bicyclic) bond motifs is 1. The first-order valence-corrected chi connectivity index (χ1v) is 5.44. The number of hydrogen-bond acceptors (Lipinski definition) is 2. The van der Waals surface area contributed by atoms with E-state index in [-0.39, 0.29) is 5.79 Å². The summed E-state index contributed by atoms with van der Waals surface area (Å²) in [4.78, 5) is 0. The van der Waals surface area contributed by atoms with Crippen molar-refractivity contribution in [2.75, 3.05) is 13.2 Å². The maximum absolute atomic E-state index is 5.69. The lowest BCUT2D eigenvalue weighted by molar-refractivity contribution is -0.135. The SMILES string of the molecule is C=C1CC[C@H]2CC3(C=C[C@@H]12)OCCO3. The number of ether oxygens (including phenoxy) is 2. The van der Waals surface area contributed by atoms with Crippen LogP contribution in [0.3, 0.4) is 0 Å². The van der Waals surface area contributed by atoms with Crippen molar-refractivity contribution in [2.45, 2.75) is 25.0 Å². The Morgan fingerprint density at radius 2 is 2.14 bits per heavy atom. The largest absolute Gasteiger partial charge is 0.344 e. The molecule has 2 aliphatic carbocycles. The lowest BCUT2D eigenvalue weighted by Crippen LogP contribution is -2.34. The molecule has 0 radical (unpaired) electrons. The molecule has 3 aliphatic rings. The molecule has 0 N–H and O–H groups in total. The molecule has 0 unspecified atom stereocenters. The molecule has 0 aromatic heterocycles. The molecule has 1 spiro atoms. The molecule has 14 heavy (non-hydrogen) atoms. The summed E-state index contributed by atoms with van der Waals surface area (Å²) >= 11 is 0. The van der Waals surface area contributed by atoms with E-state index in [1.54, 1.807) is 0 Å². The fraction of sp³-hybridized carbons (Fsp3) is 0.667. The van der Waals surface area contributed by atoms with Crippen LogP contribution < -0.4 is 0 Å². The van der Waals surface area contributed by atoms with Crippen molar-refractivity contribution in [3.05, 3.63) is 24.3 Å². The third-order valence-corrected chi connectivity index (χ3v) is 3.70. The first-order chi connectivity index (χ1) is 6.79. The maximum atomic E-state index is 5.69. The standard InChI is InChI=1S/C12H16O2/c1-9-2-3-10-8-12(5-4-11(9)10)13-6-7-14-12/h4-5,10-11H,1-3,6-8H2/t10-,11-/m0/s1. The molecule has 0 bridgehead atoms. The van der Waals surface area contributed by atoms with E-state index in [4.69, 9.17) is 9.47 Å². The Morgan fingerprint density at radius 3 is 2.93 bits per heavy atom. The van der Waals surface area contributed by atoms with Gasteiger partial charge in [-0.2, -0.15) is 0 Å². The second-order valence-electron chi connectivity index (χ2n) is 4.55. The van der Waals surface area contributed by atoms with Crippen molar-refractivity contribution in [1.82, 2.24) is 0 Å². The molecule has 1 aliphatic heterocycles. The second-order valence-corrected chi connectivity index (χ2v) is 4.55. The maximum Gasteiger partial charge on any atom is 0.188 e. The predicted molar refractivity (Wildman–Crippen MR) is 53.7 cm³/mol. The minimum absolute atomic E-state index is 0.369. The molecule has 76 valence electrons. The normalized spacial score (nSPS) is 39.3. The van der Waals surface area contributed by atoms with Gasteiger partial charge in [-0.3, -0.25) is 0 Å². The highest BCUT2D eigenvalue weighted by atomic mass is 16.7. The summed E-state index contributed by atoms with van der Waals surface area (Å²) < 4.78 is 11.4. The van der Waals surface area contributed by atoms with E-state index in [9.17, 15) is 0 Å². The molecule has 1 saturated carbocycles. The van der Waals surface area contributed by atoms with Crippen molar-refractivity contribution >= 4 is 0 Å². The molecular formula is C12H16O2. The Bertz CT molecular complexity index is 287. The van der Waals surface area contributed by atoms with Gasteiger partial charge in [0.05, 0.1) is 13.2 Å². The first kappa shape index (κ1) is 8.69. The second kappa shape index (κ2) is 2.94. The van der Waals surface area contributed by atoms with Crippen LogP contribution >= 0.6 is 0 Å². The topological polar surface area (TPSA) is 18.5 Å². The summed E-state index contributed by atoms with van der Waals surface area (Å²) in [5.74, 6) is 0.922. The predicted octanol–water partition coefficient (Wildman–Crippen LogP) is 2.27. The molecule has 3 rings (SSSR count). The summed E-state index contributed by atoms with van der Waals surface area (Å²) in [5, 5.41) is 0. The van der Waals surface area contributed by atoms with Gasteiger partial charge in [-0.15, -0.1) is 0 Å². The van der Waals surface area contributed by atoms with E-state index in [2.05, 4.69) is 18.7 Å². The molecule has 1 heterocycles. The summed E-state index contributed by atoms with van der Waals surface area (Å²) in [5.41, 5.74) is 1.39. The van der Waals surface area contributed by atoms with E-state index in [1.165, 1.54) is 18.4 Å². The fourth-order valence-electron chi connectivity index (χ4n) is 2.94. The summed E-state index contributed by atoms with van der Waals surface area (Å²) in [6.07, 6.45) is 7.80. The summed E-state index contributed by atoms with van der Waals surface area (Å²) in [6.45, 7) is 5.60. The Morgan fingerprint density at radius 1 is 1.36 bits per heavy atom. The highest BCUT2D eigenvalue weighted by Gasteiger charge is 2.43. The van der Waals surface area contributed by atoms with E-state index in [0.717, 1.165) is 19.6 Å². The smallest absolute Gasteiger partial charge is 0.188 e. The van der Waals surface area contributed by atoms with Crippen LogP contribution in [-0.2, 0) is 9.47 Å². The van der Waals surface area contributed by atoms with Gasteiger partial charge < -0.3 is 9.47 Å². The highest BCUT2D eigenvalue weighted by molar-refractivity contribution is 5.22. The van der Waals surface area contributed by atoms with E-state index in [1.807, 2.05) is 0 Å². The summed E-state index contributed by atoms with van der Waals surface area (Å²) in [7, 11) is 0. The molecule has 0 aromatic carbocycles. The van der Waals surface area contributed by atoms with Gasteiger partial charge in [0.1, 0.15) is 0 Å². The van der Waals surface area contributed by atoms with Gasteiger partial charge in [0.2, 0.25) is 0 Å². The minimum atomic E-state index is -0.369. The first-order valence-electron chi connectivity index (χ1n) is 5.44. The molecule has 0 amide bonds. The Labute approximate surface area is 84.6 Å². The molecule has 1 saturated heterocycles. The van der Waals surface area contributed by atoms with Crippen LogP contribution in [0.25, 0.3) is 0 Å². The van der Waals surface area contributed by atoms with Gasteiger partial charge in [-0.05, 0) is 24.8 Å². The fourth-order valence-corrected chi connectivity index (χ4v) is 2.94. The van der Waals surface area contributed by atoms with E-state index in [0.29, 0.717) is 11.8 Å². The van der Waals surface area contributed by atoms with Crippen LogP contribution in [0.4, 0.5) is 0 Å². The Hall–Kier alpha value is -0.600. The average molecular weight is 192 g/mol. The van der Waals surface area contributed by atoms with Gasteiger partial charge in [-0.25, -0.2) is 0 Å².